The molecule has 0 radical (unpaired) electrons. The maximum atomic E-state index is 11.3. The molecule has 116 valence electrons. The van der Waals surface area contributed by atoms with Gasteiger partial charge >= 0.3 is 5.97 Å². The molecule has 0 aromatic heterocycles. The van der Waals surface area contributed by atoms with Crippen LogP contribution in [0.3, 0.4) is 0 Å². The van der Waals surface area contributed by atoms with Crippen molar-refractivity contribution in [2.24, 2.45) is 0 Å². The second-order valence-corrected chi connectivity index (χ2v) is 5.59. The van der Waals surface area contributed by atoms with Gasteiger partial charge in [-0.15, -0.1) is 0 Å². The number of aryl methyl sites for hydroxylation is 1. The number of hydrogen-bond donors (Lipinski definition) is 0. The Morgan fingerprint density at radius 1 is 1.43 bits per heavy atom. The van der Waals surface area contributed by atoms with E-state index < -0.39 is 0 Å². The van der Waals surface area contributed by atoms with Crippen LogP contribution in [-0.2, 0) is 16.0 Å². The Morgan fingerprint density at radius 3 is 2.71 bits per heavy atom. The van der Waals surface area contributed by atoms with Gasteiger partial charge in [0.05, 0.1) is 6.61 Å². The largest absolute Gasteiger partial charge is 0.490 e. The molecule has 21 heavy (non-hydrogen) atoms. The Hall–Kier alpha value is -1.55. The highest BCUT2D eigenvalue weighted by molar-refractivity contribution is 5.71. The van der Waals surface area contributed by atoms with Crippen LogP contribution >= 0.6 is 0 Å². The molecule has 0 unspecified atom stereocenters. The Labute approximate surface area is 126 Å². The topological polar surface area (TPSA) is 48.1 Å². The van der Waals surface area contributed by atoms with Crippen molar-refractivity contribution in [3.05, 3.63) is 22.8 Å². The van der Waals surface area contributed by atoms with Gasteiger partial charge in [-0.05, 0) is 43.9 Å². The van der Waals surface area contributed by atoms with E-state index in [2.05, 4.69) is 6.92 Å². The molecule has 0 spiro atoms. The van der Waals surface area contributed by atoms with Crippen LogP contribution in [0.1, 0.15) is 43.4 Å². The predicted octanol–water partition coefficient (Wildman–Crippen LogP) is 3.35. The summed E-state index contributed by atoms with van der Waals surface area (Å²) in [5, 5.41) is 0. The van der Waals surface area contributed by atoms with Crippen molar-refractivity contribution in [1.29, 1.82) is 0 Å². The Bertz CT molecular complexity index is 518. The van der Waals surface area contributed by atoms with E-state index in [-0.39, 0.29) is 12.1 Å². The summed E-state index contributed by atoms with van der Waals surface area (Å²) in [4.78, 5) is 11.3. The van der Waals surface area contributed by atoms with Crippen molar-refractivity contribution in [2.45, 2.75) is 53.1 Å². The molecular weight excluding hydrogens is 268 g/mol. The minimum absolute atomic E-state index is 0.233. The van der Waals surface area contributed by atoms with Gasteiger partial charge < -0.3 is 14.2 Å². The molecule has 0 bridgehead atoms. The van der Waals surface area contributed by atoms with E-state index in [4.69, 9.17) is 14.2 Å². The first-order valence-electron chi connectivity index (χ1n) is 7.58. The molecule has 1 aliphatic rings. The van der Waals surface area contributed by atoms with Gasteiger partial charge in [-0.3, -0.25) is 4.79 Å². The quantitative estimate of drug-likeness (QED) is 0.439. The van der Waals surface area contributed by atoms with Gasteiger partial charge in [0, 0.05) is 12.5 Å². The second kappa shape index (κ2) is 6.94. The molecule has 0 amide bonds. The SMILES string of the molecule is CCCCc1c(C)c(OC[C@H]2CO2)cc(C)c1OC(C)=O. The lowest BCUT2D eigenvalue weighted by atomic mass is 9.98. The highest BCUT2D eigenvalue weighted by Gasteiger charge is 2.24. The summed E-state index contributed by atoms with van der Waals surface area (Å²) < 4.78 is 16.5. The first-order chi connectivity index (χ1) is 10.0. The zero-order valence-corrected chi connectivity index (χ0v) is 13.3. The van der Waals surface area contributed by atoms with E-state index in [9.17, 15) is 4.79 Å². The number of unbranched alkanes of at least 4 members (excludes halogenated alkanes) is 1. The molecular formula is C17H24O4. The first-order valence-corrected chi connectivity index (χ1v) is 7.58. The maximum absolute atomic E-state index is 11.3. The van der Waals surface area contributed by atoms with Gasteiger partial charge in [0.15, 0.2) is 0 Å². The van der Waals surface area contributed by atoms with Crippen molar-refractivity contribution < 1.29 is 19.0 Å². The summed E-state index contributed by atoms with van der Waals surface area (Å²) in [7, 11) is 0. The Kier molecular flexibility index (Phi) is 5.23. The van der Waals surface area contributed by atoms with E-state index in [1.54, 1.807) is 0 Å². The van der Waals surface area contributed by atoms with Crippen LogP contribution in [0.5, 0.6) is 11.5 Å². The number of rotatable bonds is 7. The van der Waals surface area contributed by atoms with Gasteiger partial charge in [-0.25, -0.2) is 0 Å². The fraction of sp³-hybridized carbons (Fsp3) is 0.588. The molecule has 1 saturated heterocycles. The van der Waals surface area contributed by atoms with Gasteiger partial charge in [0.25, 0.3) is 0 Å². The van der Waals surface area contributed by atoms with Crippen LogP contribution in [0, 0.1) is 13.8 Å². The highest BCUT2D eigenvalue weighted by atomic mass is 16.6. The molecule has 1 aromatic rings. The summed E-state index contributed by atoms with van der Waals surface area (Å²) in [6, 6.07) is 1.95. The summed E-state index contributed by atoms with van der Waals surface area (Å²) in [5.41, 5.74) is 3.08. The maximum Gasteiger partial charge on any atom is 0.308 e. The zero-order chi connectivity index (χ0) is 15.4. The molecule has 1 aliphatic heterocycles. The van der Waals surface area contributed by atoms with Crippen LogP contribution in [0.2, 0.25) is 0 Å². The van der Waals surface area contributed by atoms with Crippen LogP contribution in [0.25, 0.3) is 0 Å². The average molecular weight is 292 g/mol. The molecule has 1 heterocycles. The van der Waals surface area contributed by atoms with E-state index in [1.807, 2.05) is 19.9 Å². The molecule has 0 aliphatic carbocycles. The highest BCUT2D eigenvalue weighted by Crippen LogP contribution is 2.35. The lowest BCUT2D eigenvalue weighted by Gasteiger charge is -2.18. The van der Waals surface area contributed by atoms with Crippen molar-refractivity contribution >= 4 is 5.97 Å². The monoisotopic (exact) mass is 292 g/mol. The number of hydrogen-bond acceptors (Lipinski definition) is 4. The van der Waals surface area contributed by atoms with Crippen LogP contribution in [-0.4, -0.2) is 25.3 Å². The number of carbonyl (C=O) groups is 1. The van der Waals surface area contributed by atoms with E-state index in [0.717, 1.165) is 48.3 Å². The summed E-state index contributed by atoms with van der Waals surface area (Å²) in [6.45, 7) is 8.94. The number of ether oxygens (including phenoxy) is 3. The smallest absolute Gasteiger partial charge is 0.308 e. The fourth-order valence-electron chi connectivity index (χ4n) is 2.36. The Morgan fingerprint density at radius 2 is 2.14 bits per heavy atom. The zero-order valence-electron chi connectivity index (χ0n) is 13.3. The molecule has 0 saturated carbocycles. The standard InChI is InChI=1S/C17H24O4/c1-5-6-7-15-12(3)16(20-10-14-9-19-14)8-11(2)17(15)21-13(4)18/h8,14H,5-7,9-10H2,1-4H3/t14-/m1/s1. The molecule has 4 heteroatoms. The minimum atomic E-state index is -0.282. The Balaban J connectivity index is 2.29. The second-order valence-electron chi connectivity index (χ2n) is 5.59. The third-order valence-corrected chi connectivity index (χ3v) is 3.66. The lowest BCUT2D eigenvalue weighted by molar-refractivity contribution is -0.132. The van der Waals surface area contributed by atoms with Crippen molar-refractivity contribution in [1.82, 2.24) is 0 Å². The number of benzene rings is 1. The summed E-state index contributed by atoms with van der Waals surface area (Å²) in [6.07, 6.45) is 3.28. The molecule has 4 nitrogen and oxygen atoms in total. The van der Waals surface area contributed by atoms with Gasteiger partial charge in [-0.1, -0.05) is 13.3 Å². The third-order valence-electron chi connectivity index (χ3n) is 3.66. The number of carbonyl (C=O) groups excluding carboxylic acids is 1. The lowest BCUT2D eigenvalue weighted by Crippen LogP contribution is -2.10. The third kappa shape index (κ3) is 4.21. The van der Waals surface area contributed by atoms with Crippen molar-refractivity contribution in [2.75, 3.05) is 13.2 Å². The number of esters is 1. The molecule has 1 aromatic carbocycles. The summed E-state index contributed by atoms with van der Waals surface area (Å²) >= 11 is 0. The van der Waals surface area contributed by atoms with Crippen molar-refractivity contribution in [3.8, 4) is 11.5 Å². The average Bonchev–Trinajstić information content (AvgIpc) is 3.24. The minimum Gasteiger partial charge on any atom is -0.490 e. The summed E-state index contributed by atoms with van der Waals surface area (Å²) in [5.74, 6) is 1.28. The molecule has 1 atom stereocenters. The molecule has 2 rings (SSSR count). The van der Waals surface area contributed by atoms with Gasteiger partial charge in [0.2, 0.25) is 0 Å². The molecule has 1 fully saturated rings. The first kappa shape index (κ1) is 15.8. The van der Waals surface area contributed by atoms with Crippen LogP contribution in [0.4, 0.5) is 0 Å². The van der Waals surface area contributed by atoms with E-state index >= 15 is 0 Å². The van der Waals surface area contributed by atoms with E-state index in [1.165, 1.54) is 6.92 Å². The van der Waals surface area contributed by atoms with Gasteiger partial charge in [0.1, 0.15) is 24.2 Å². The fourth-order valence-corrected chi connectivity index (χ4v) is 2.36. The normalized spacial score (nSPS) is 16.7. The predicted molar refractivity (Wildman–Crippen MR) is 81.1 cm³/mol. The molecule has 0 N–H and O–H groups in total. The van der Waals surface area contributed by atoms with Crippen LogP contribution < -0.4 is 9.47 Å². The number of epoxide rings is 1. The van der Waals surface area contributed by atoms with E-state index in [0.29, 0.717) is 12.4 Å². The van der Waals surface area contributed by atoms with Crippen LogP contribution in [0.15, 0.2) is 6.07 Å². The van der Waals surface area contributed by atoms with Crippen molar-refractivity contribution in [3.63, 3.8) is 0 Å². The van der Waals surface area contributed by atoms with Gasteiger partial charge in [-0.2, -0.15) is 0 Å².